The van der Waals surface area contributed by atoms with Gasteiger partial charge in [0.15, 0.2) is 0 Å². The predicted molar refractivity (Wildman–Crippen MR) is 72.7 cm³/mol. The fourth-order valence-corrected chi connectivity index (χ4v) is 1.86. The first kappa shape index (κ1) is 14.0. The van der Waals surface area contributed by atoms with Crippen molar-refractivity contribution in [1.82, 2.24) is 5.32 Å². The van der Waals surface area contributed by atoms with Gasteiger partial charge in [-0.25, -0.2) is 0 Å². The largest absolute Gasteiger partial charge is 0.346 e. The van der Waals surface area contributed by atoms with Crippen LogP contribution in [0.4, 0.5) is 0 Å². The topological polar surface area (TPSA) is 29.1 Å². The molecule has 0 aromatic heterocycles. The van der Waals surface area contributed by atoms with Crippen LogP contribution in [0.25, 0.3) is 0 Å². The molecule has 0 spiro atoms. The lowest BCUT2D eigenvalue weighted by molar-refractivity contribution is 0.0911. The second-order valence-electron chi connectivity index (χ2n) is 4.51. The Kier molecular flexibility index (Phi) is 5.01. The highest BCUT2D eigenvalue weighted by Gasteiger charge is 2.24. The summed E-state index contributed by atoms with van der Waals surface area (Å²) < 4.78 is 0. The lowest BCUT2D eigenvalue weighted by atomic mass is 9.99. The summed E-state index contributed by atoms with van der Waals surface area (Å²) in [6.07, 6.45) is 1.67. The van der Waals surface area contributed by atoms with Crippen molar-refractivity contribution in [3.8, 4) is 0 Å². The number of nitrogens with one attached hydrogen (secondary N) is 1. The Labute approximate surface area is 108 Å². The van der Waals surface area contributed by atoms with E-state index >= 15 is 0 Å². The Morgan fingerprint density at radius 1 is 1.35 bits per heavy atom. The van der Waals surface area contributed by atoms with E-state index in [2.05, 4.69) is 5.32 Å². The van der Waals surface area contributed by atoms with Crippen LogP contribution in [0.15, 0.2) is 24.3 Å². The molecule has 0 radical (unpaired) electrons. The molecular weight excluding hydrogens is 234 g/mol. The molecule has 0 aliphatic rings. The van der Waals surface area contributed by atoms with Gasteiger partial charge in [-0.3, -0.25) is 4.79 Å². The number of benzene rings is 1. The zero-order valence-electron chi connectivity index (χ0n) is 10.7. The summed E-state index contributed by atoms with van der Waals surface area (Å²) >= 11 is 5.90. The lowest BCUT2D eigenvalue weighted by Crippen LogP contribution is -2.47. The molecule has 1 rings (SSSR count). The number of alkyl halides is 1. The number of rotatable bonds is 5. The molecular formula is C14H20ClNO. The van der Waals surface area contributed by atoms with Crippen LogP contribution in [0.1, 0.15) is 43.1 Å². The van der Waals surface area contributed by atoms with Gasteiger partial charge in [0, 0.05) is 11.4 Å². The highest BCUT2D eigenvalue weighted by atomic mass is 35.5. The minimum atomic E-state index is -0.334. The SMILES string of the molecule is CCc1ccccc1C(=O)NC(C)(CC)CCl. The zero-order valence-corrected chi connectivity index (χ0v) is 11.5. The number of carbonyl (C=O) groups excluding carboxylic acids is 1. The van der Waals surface area contributed by atoms with Crippen LogP contribution in [-0.2, 0) is 6.42 Å². The summed E-state index contributed by atoms with van der Waals surface area (Å²) in [5.74, 6) is 0.385. The normalized spacial score (nSPS) is 14.1. The molecule has 1 atom stereocenters. The summed E-state index contributed by atoms with van der Waals surface area (Å²) in [5.41, 5.74) is 1.48. The second-order valence-corrected chi connectivity index (χ2v) is 4.78. The van der Waals surface area contributed by atoms with Crippen molar-refractivity contribution < 1.29 is 4.79 Å². The van der Waals surface area contributed by atoms with Gasteiger partial charge in [-0.15, -0.1) is 11.6 Å². The second kappa shape index (κ2) is 6.06. The standard InChI is InChI=1S/C14H20ClNO/c1-4-11-8-6-7-9-12(11)13(17)16-14(3,5-2)10-15/h6-9H,4-5,10H2,1-3H3,(H,16,17). The van der Waals surface area contributed by atoms with E-state index in [-0.39, 0.29) is 11.4 Å². The molecule has 0 heterocycles. The van der Waals surface area contributed by atoms with Gasteiger partial charge >= 0.3 is 0 Å². The summed E-state index contributed by atoms with van der Waals surface area (Å²) in [7, 11) is 0. The van der Waals surface area contributed by atoms with Gasteiger partial charge < -0.3 is 5.32 Å². The fraction of sp³-hybridized carbons (Fsp3) is 0.500. The maximum Gasteiger partial charge on any atom is 0.252 e. The predicted octanol–water partition coefficient (Wildman–Crippen LogP) is 3.39. The van der Waals surface area contributed by atoms with E-state index in [0.29, 0.717) is 5.88 Å². The van der Waals surface area contributed by atoms with Crippen molar-refractivity contribution in [3.05, 3.63) is 35.4 Å². The van der Waals surface area contributed by atoms with Gasteiger partial charge in [-0.1, -0.05) is 32.0 Å². The van der Waals surface area contributed by atoms with Gasteiger partial charge in [0.25, 0.3) is 5.91 Å². The monoisotopic (exact) mass is 253 g/mol. The maximum absolute atomic E-state index is 12.2. The minimum Gasteiger partial charge on any atom is -0.346 e. The van der Waals surface area contributed by atoms with E-state index in [1.165, 1.54) is 0 Å². The zero-order chi connectivity index (χ0) is 12.9. The Morgan fingerprint density at radius 3 is 2.53 bits per heavy atom. The Morgan fingerprint density at radius 2 is 2.00 bits per heavy atom. The van der Waals surface area contributed by atoms with Gasteiger partial charge in [-0.2, -0.15) is 0 Å². The van der Waals surface area contributed by atoms with E-state index in [1.807, 2.05) is 45.0 Å². The van der Waals surface area contributed by atoms with Crippen LogP contribution in [0.3, 0.4) is 0 Å². The first-order valence-corrected chi connectivity index (χ1v) is 6.56. The molecule has 17 heavy (non-hydrogen) atoms. The van der Waals surface area contributed by atoms with Gasteiger partial charge in [-0.05, 0) is 31.4 Å². The summed E-state index contributed by atoms with van der Waals surface area (Å²) in [5, 5.41) is 3.01. The van der Waals surface area contributed by atoms with E-state index < -0.39 is 0 Å². The molecule has 0 bridgehead atoms. The van der Waals surface area contributed by atoms with E-state index in [1.54, 1.807) is 0 Å². The van der Waals surface area contributed by atoms with E-state index in [9.17, 15) is 4.79 Å². The van der Waals surface area contributed by atoms with Gasteiger partial charge in [0.2, 0.25) is 0 Å². The van der Waals surface area contributed by atoms with Crippen LogP contribution in [0.2, 0.25) is 0 Å². The molecule has 2 nitrogen and oxygen atoms in total. The number of carbonyl (C=O) groups is 1. The summed E-state index contributed by atoms with van der Waals surface area (Å²) in [6.45, 7) is 6.04. The van der Waals surface area contributed by atoms with Crippen molar-refractivity contribution in [2.24, 2.45) is 0 Å². The maximum atomic E-state index is 12.2. The van der Waals surface area contributed by atoms with Crippen molar-refractivity contribution in [3.63, 3.8) is 0 Å². The first-order chi connectivity index (χ1) is 8.06. The first-order valence-electron chi connectivity index (χ1n) is 6.02. The average molecular weight is 254 g/mol. The third-order valence-electron chi connectivity index (χ3n) is 3.13. The molecule has 0 aliphatic heterocycles. The number of hydrogen-bond acceptors (Lipinski definition) is 1. The van der Waals surface area contributed by atoms with Gasteiger partial charge in [0.05, 0.1) is 5.54 Å². The van der Waals surface area contributed by atoms with Crippen LogP contribution in [0.5, 0.6) is 0 Å². The van der Waals surface area contributed by atoms with Crippen molar-refractivity contribution in [2.45, 2.75) is 39.2 Å². The molecule has 1 unspecified atom stereocenters. The molecule has 0 saturated carbocycles. The molecule has 3 heteroatoms. The molecule has 0 fully saturated rings. The highest BCUT2D eigenvalue weighted by Crippen LogP contribution is 2.15. The molecule has 94 valence electrons. The lowest BCUT2D eigenvalue weighted by Gasteiger charge is -2.27. The van der Waals surface area contributed by atoms with Crippen LogP contribution in [0, 0.1) is 0 Å². The van der Waals surface area contributed by atoms with Crippen molar-refractivity contribution in [1.29, 1.82) is 0 Å². The Balaban J connectivity index is 2.90. The average Bonchev–Trinajstić information content (AvgIpc) is 2.38. The third-order valence-corrected chi connectivity index (χ3v) is 3.72. The smallest absolute Gasteiger partial charge is 0.252 e. The third kappa shape index (κ3) is 3.47. The van der Waals surface area contributed by atoms with Crippen LogP contribution < -0.4 is 5.32 Å². The number of aryl methyl sites for hydroxylation is 1. The molecule has 0 aliphatic carbocycles. The van der Waals surface area contributed by atoms with Gasteiger partial charge in [0.1, 0.15) is 0 Å². The van der Waals surface area contributed by atoms with Crippen LogP contribution in [-0.4, -0.2) is 17.3 Å². The minimum absolute atomic E-state index is 0.0348. The highest BCUT2D eigenvalue weighted by molar-refractivity contribution is 6.18. The molecule has 1 aromatic carbocycles. The van der Waals surface area contributed by atoms with Crippen molar-refractivity contribution in [2.75, 3.05) is 5.88 Å². The summed E-state index contributed by atoms with van der Waals surface area (Å²) in [6, 6.07) is 7.69. The number of halogens is 1. The van der Waals surface area contributed by atoms with E-state index in [0.717, 1.165) is 24.0 Å². The van der Waals surface area contributed by atoms with E-state index in [4.69, 9.17) is 11.6 Å². The molecule has 1 aromatic rings. The Hall–Kier alpha value is -1.02. The molecule has 0 saturated heterocycles. The molecule has 1 amide bonds. The molecule has 1 N–H and O–H groups in total. The van der Waals surface area contributed by atoms with Crippen molar-refractivity contribution >= 4 is 17.5 Å². The number of hydrogen-bond donors (Lipinski definition) is 1. The summed E-state index contributed by atoms with van der Waals surface area (Å²) in [4.78, 5) is 12.2. The quantitative estimate of drug-likeness (QED) is 0.801. The number of amides is 1. The van der Waals surface area contributed by atoms with Crippen LogP contribution >= 0.6 is 11.6 Å². The Bertz CT molecular complexity index is 386. The fourth-order valence-electron chi connectivity index (χ4n) is 1.61.